The van der Waals surface area contributed by atoms with E-state index < -0.39 is 23.3 Å². The van der Waals surface area contributed by atoms with E-state index in [1.54, 1.807) is 26.0 Å². The van der Waals surface area contributed by atoms with Crippen molar-refractivity contribution in [1.82, 2.24) is 10.0 Å². The number of nitrogens with zero attached hydrogens (tertiary/aromatic N) is 2. The van der Waals surface area contributed by atoms with Crippen molar-refractivity contribution in [2.24, 2.45) is 0 Å². The second-order valence-corrected chi connectivity index (χ2v) is 4.41. The molecule has 0 radical (unpaired) electrons. The van der Waals surface area contributed by atoms with Crippen LogP contribution < -0.4 is 0 Å². The summed E-state index contributed by atoms with van der Waals surface area (Å²) in [6, 6.07) is 0. The van der Waals surface area contributed by atoms with Crippen molar-refractivity contribution in [3.05, 3.63) is 12.2 Å². The van der Waals surface area contributed by atoms with E-state index in [4.69, 9.17) is 10.2 Å². The van der Waals surface area contributed by atoms with E-state index in [2.05, 4.69) is 0 Å². The molecule has 0 saturated carbocycles. The van der Waals surface area contributed by atoms with Crippen LogP contribution in [-0.4, -0.2) is 43.5 Å². The molecule has 1 heterocycles. The van der Waals surface area contributed by atoms with Crippen molar-refractivity contribution in [2.45, 2.75) is 31.3 Å². The molecule has 2 amide bonds. The van der Waals surface area contributed by atoms with Crippen LogP contribution in [0.25, 0.3) is 0 Å². The lowest BCUT2D eigenvalue weighted by atomic mass is 9.96. The van der Waals surface area contributed by atoms with Crippen LogP contribution >= 0.6 is 0 Å². The molecule has 15 heavy (non-hydrogen) atoms. The summed E-state index contributed by atoms with van der Waals surface area (Å²) in [7, 11) is 0. The summed E-state index contributed by atoms with van der Waals surface area (Å²) in [5, 5.41) is 19.8. The van der Waals surface area contributed by atoms with Crippen molar-refractivity contribution >= 4 is 12.2 Å². The molecule has 2 N–H and O–H groups in total. The van der Waals surface area contributed by atoms with E-state index in [9.17, 15) is 9.59 Å². The molecule has 6 nitrogen and oxygen atoms in total. The molecule has 6 heteroatoms. The van der Waals surface area contributed by atoms with Gasteiger partial charge in [-0.2, -0.15) is 0 Å². The van der Waals surface area contributed by atoms with Crippen molar-refractivity contribution in [3.8, 4) is 0 Å². The minimum absolute atomic E-state index is 0.471. The highest BCUT2D eigenvalue weighted by molar-refractivity contribution is 5.76. The molecule has 0 aromatic carbocycles. The van der Waals surface area contributed by atoms with Crippen molar-refractivity contribution in [1.29, 1.82) is 0 Å². The molecular weight excluding hydrogens is 200 g/mol. The maximum atomic E-state index is 11.0. The lowest BCUT2D eigenvalue weighted by molar-refractivity contribution is -0.0300. The van der Waals surface area contributed by atoms with E-state index in [1.807, 2.05) is 0 Å². The van der Waals surface area contributed by atoms with Gasteiger partial charge in [0.1, 0.15) is 0 Å². The summed E-state index contributed by atoms with van der Waals surface area (Å²) in [5.74, 6) is 0. The van der Waals surface area contributed by atoms with Crippen molar-refractivity contribution in [3.63, 3.8) is 0 Å². The zero-order chi connectivity index (χ0) is 11.4. The second-order valence-electron chi connectivity index (χ2n) is 4.41. The van der Waals surface area contributed by atoms with Gasteiger partial charge in [0.25, 0.3) is 0 Å². The molecule has 1 aliphatic heterocycles. The Hall–Kier alpha value is -1.72. The van der Waals surface area contributed by atoms with Gasteiger partial charge in [-0.15, -0.1) is 0 Å². The molecule has 82 valence electrons. The number of hydrazine groups is 1. The van der Waals surface area contributed by atoms with Gasteiger partial charge in [0.05, 0.1) is 11.1 Å². The van der Waals surface area contributed by atoms with Crippen LogP contribution in [0.15, 0.2) is 12.2 Å². The highest BCUT2D eigenvalue weighted by atomic mass is 16.4. The quantitative estimate of drug-likeness (QED) is 0.594. The first-order valence-corrected chi connectivity index (χ1v) is 4.57. The topological polar surface area (TPSA) is 81.1 Å². The highest BCUT2D eigenvalue weighted by Crippen LogP contribution is 2.48. The average Bonchev–Trinajstić information content (AvgIpc) is 2.49. The monoisotopic (exact) mass is 212 g/mol. The molecule has 2 rings (SSSR count). The predicted molar refractivity (Wildman–Crippen MR) is 50.3 cm³/mol. The van der Waals surface area contributed by atoms with Gasteiger partial charge in [0, 0.05) is 6.42 Å². The number of carboxylic acid groups (broad SMARTS) is 2. The first-order chi connectivity index (χ1) is 6.80. The number of amides is 2. The Labute approximate surface area is 86.4 Å². The molecule has 0 aromatic rings. The zero-order valence-corrected chi connectivity index (χ0v) is 8.47. The minimum atomic E-state index is -1.24. The Kier molecular flexibility index (Phi) is 1.60. The third-order valence-electron chi connectivity index (χ3n) is 3.05. The van der Waals surface area contributed by atoms with Gasteiger partial charge in [0.15, 0.2) is 0 Å². The summed E-state index contributed by atoms with van der Waals surface area (Å²) in [6.45, 7) is 3.43. The van der Waals surface area contributed by atoms with Crippen molar-refractivity contribution < 1.29 is 19.8 Å². The molecule has 2 atom stereocenters. The fourth-order valence-corrected chi connectivity index (χ4v) is 2.56. The first-order valence-electron chi connectivity index (χ1n) is 4.57. The third kappa shape index (κ3) is 1.04. The van der Waals surface area contributed by atoms with Crippen LogP contribution in [0.4, 0.5) is 9.59 Å². The minimum Gasteiger partial charge on any atom is -0.464 e. The Balaban J connectivity index is 2.50. The highest BCUT2D eigenvalue weighted by Gasteiger charge is 2.60. The summed E-state index contributed by atoms with van der Waals surface area (Å²) in [5.41, 5.74) is -1.47. The number of rotatable bonds is 0. The molecule has 1 saturated heterocycles. The van der Waals surface area contributed by atoms with Crippen LogP contribution in [0, 0.1) is 0 Å². The van der Waals surface area contributed by atoms with Gasteiger partial charge >= 0.3 is 12.2 Å². The third-order valence-corrected chi connectivity index (χ3v) is 3.05. The van der Waals surface area contributed by atoms with Crippen LogP contribution in [-0.2, 0) is 0 Å². The summed E-state index contributed by atoms with van der Waals surface area (Å²) >= 11 is 0. The molecule has 0 aromatic heterocycles. The SMILES string of the molecule is CC12C=CC(C)(C1)N(C(=O)O)N2C(=O)O. The van der Waals surface area contributed by atoms with E-state index in [0.29, 0.717) is 6.42 Å². The molecular formula is C9H12N2O4. The summed E-state index contributed by atoms with van der Waals surface area (Å²) in [4.78, 5) is 22.1. The van der Waals surface area contributed by atoms with Gasteiger partial charge in [-0.3, -0.25) is 0 Å². The molecule has 2 unspecified atom stereocenters. The first kappa shape index (κ1) is 9.82. The average molecular weight is 212 g/mol. The number of hydrogen-bond acceptors (Lipinski definition) is 2. The molecule has 2 bridgehead atoms. The van der Waals surface area contributed by atoms with E-state index in [0.717, 1.165) is 10.0 Å². The standard InChI is InChI=1S/C9H12N2O4/c1-8-3-4-9(2,5-8)11(7(14)15)10(8)6(12)13/h3-4H,5H2,1-2H3,(H,12,13)(H,14,15). The summed E-state index contributed by atoms with van der Waals surface area (Å²) < 4.78 is 0. The fourth-order valence-electron chi connectivity index (χ4n) is 2.56. The van der Waals surface area contributed by atoms with E-state index >= 15 is 0 Å². The van der Waals surface area contributed by atoms with Crippen LogP contribution in [0.5, 0.6) is 0 Å². The van der Waals surface area contributed by atoms with Gasteiger partial charge < -0.3 is 10.2 Å². The zero-order valence-electron chi connectivity index (χ0n) is 8.47. The second kappa shape index (κ2) is 2.44. The molecule has 2 aliphatic rings. The Bertz CT molecular complexity index is 346. The largest absolute Gasteiger partial charge is 0.464 e. The number of fused-ring (bicyclic) bond motifs is 2. The van der Waals surface area contributed by atoms with Crippen LogP contribution in [0.3, 0.4) is 0 Å². The fraction of sp³-hybridized carbons (Fsp3) is 0.556. The lowest BCUT2D eigenvalue weighted by Crippen LogP contribution is -2.57. The number of carbonyl (C=O) groups is 2. The normalized spacial score (nSPS) is 37.5. The number of hydrogen-bond donors (Lipinski definition) is 2. The van der Waals surface area contributed by atoms with Gasteiger partial charge in [-0.25, -0.2) is 19.6 Å². The van der Waals surface area contributed by atoms with E-state index in [-0.39, 0.29) is 0 Å². The lowest BCUT2D eigenvalue weighted by Gasteiger charge is -2.39. The molecule has 1 aliphatic carbocycles. The van der Waals surface area contributed by atoms with Crippen LogP contribution in [0.1, 0.15) is 20.3 Å². The predicted octanol–water partition coefficient (Wildman–Crippen LogP) is 1.35. The Morgan fingerprint density at radius 1 is 1.07 bits per heavy atom. The maximum absolute atomic E-state index is 11.0. The molecule has 1 fully saturated rings. The van der Waals surface area contributed by atoms with Gasteiger partial charge in [-0.05, 0) is 13.8 Å². The van der Waals surface area contributed by atoms with Crippen molar-refractivity contribution in [2.75, 3.05) is 0 Å². The van der Waals surface area contributed by atoms with E-state index in [1.165, 1.54) is 0 Å². The van der Waals surface area contributed by atoms with Gasteiger partial charge in [0.2, 0.25) is 0 Å². The summed E-state index contributed by atoms with van der Waals surface area (Å²) in [6.07, 6.45) is 1.49. The van der Waals surface area contributed by atoms with Gasteiger partial charge in [-0.1, -0.05) is 12.2 Å². The van der Waals surface area contributed by atoms with Crippen LogP contribution in [0.2, 0.25) is 0 Å². The molecule has 0 spiro atoms. The smallest absolute Gasteiger partial charge is 0.427 e. The maximum Gasteiger partial charge on any atom is 0.427 e. The Morgan fingerprint density at radius 2 is 1.40 bits per heavy atom. The Morgan fingerprint density at radius 3 is 1.67 bits per heavy atom.